The number of hydrogen-bond acceptors (Lipinski definition) is 6. The van der Waals surface area contributed by atoms with Gasteiger partial charge in [0.2, 0.25) is 5.88 Å². The Balaban J connectivity index is 1.67. The highest BCUT2D eigenvalue weighted by Crippen LogP contribution is 2.31. The molecule has 1 aliphatic heterocycles. The van der Waals surface area contributed by atoms with Crippen molar-refractivity contribution in [2.75, 3.05) is 11.4 Å². The van der Waals surface area contributed by atoms with E-state index < -0.39 is 11.9 Å². The molecule has 3 aromatic rings. The van der Waals surface area contributed by atoms with E-state index in [1.807, 2.05) is 0 Å². The van der Waals surface area contributed by atoms with Gasteiger partial charge in [0.15, 0.2) is 5.69 Å². The Morgan fingerprint density at radius 3 is 2.72 bits per heavy atom. The number of anilines is 1. The van der Waals surface area contributed by atoms with Gasteiger partial charge < -0.3 is 14.6 Å². The van der Waals surface area contributed by atoms with Crippen LogP contribution >= 0.6 is 0 Å². The minimum absolute atomic E-state index is 0.149. The molecule has 0 atom stereocenters. The van der Waals surface area contributed by atoms with Gasteiger partial charge >= 0.3 is 6.18 Å². The molecule has 0 aromatic carbocycles. The first-order valence-electron chi connectivity index (χ1n) is 7.53. The third kappa shape index (κ3) is 2.73. The van der Waals surface area contributed by atoms with Gasteiger partial charge in [-0.2, -0.15) is 18.2 Å². The Morgan fingerprint density at radius 1 is 1.16 bits per heavy atom. The predicted molar refractivity (Wildman–Crippen MR) is 82.0 cm³/mol. The Hall–Kier alpha value is -2.91. The average Bonchev–Trinajstić information content (AvgIpc) is 2.98. The number of rotatable bonds is 1. The maximum Gasteiger partial charge on any atom is 0.434 e. The lowest BCUT2D eigenvalue weighted by atomic mass is 10.2. The van der Waals surface area contributed by atoms with Crippen LogP contribution in [0.25, 0.3) is 10.9 Å². The van der Waals surface area contributed by atoms with Crippen molar-refractivity contribution in [1.29, 1.82) is 0 Å². The lowest BCUT2D eigenvalue weighted by Crippen LogP contribution is -2.34. The number of fused-ring (bicyclic) bond motifs is 2. The van der Waals surface area contributed by atoms with Crippen LogP contribution in [0.2, 0.25) is 0 Å². The first-order chi connectivity index (χ1) is 11.8. The van der Waals surface area contributed by atoms with E-state index in [1.54, 1.807) is 17.9 Å². The van der Waals surface area contributed by atoms with Gasteiger partial charge in [0.05, 0.1) is 23.6 Å². The number of aromatic nitrogens is 5. The zero-order chi connectivity index (χ0) is 17.8. The number of pyridine rings is 1. The Labute approximate surface area is 139 Å². The summed E-state index contributed by atoms with van der Waals surface area (Å²) in [5, 5.41) is 10.4. The molecule has 4 heterocycles. The molecule has 4 rings (SSSR count). The molecule has 1 aliphatic rings. The summed E-state index contributed by atoms with van der Waals surface area (Å²) in [7, 11) is 0. The van der Waals surface area contributed by atoms with Gasteiger partial charge in [0.1, 0.15) is 17.5 Å². The van der Waals surface area contributed by atoms with Crippen molar-refractivity contribution < 1.29 is 18.3 Å². The van der Waals surface area contributed by atoms with Crippen LogP contribution in [0.3, 0.4) is 0 Å². The highest BCUT2D eigenvalue weighted by molar-refractivity contribution is 5.84. The standard InChI is InChI=1S/C15H13F3N6O/c1-8-20-10-5-19-12(4-9(10)14(25)21-8)24-3-2-23-6-11(15(16,17)18)22-13(23)7-24/h4-6H,2-3,7H2,1H3,(H,20,21,25). The van der Waals surface area contributed by atoms with Gasteiger partial charge in [0, 0.05) is 19.3 Å². The van der Waals surface area contributed by atoms with E-state index >= 15 is 0 Å². The maximum atomic E-state index is 12.8. The highest BCUT2D eigenvalue weighted by Gasteiger charge is 2.35. The van der Waals surface area contributed by atoms with E-state index in [-0.39, 0.29) is 12.4 Å². The minimum atomic E-state index is -4.46. The number of alkyl halides is 3. The summed E-state index contributed by atoms with van der Waals surface area (Å²) in [6, 6.07) is 1.63. The number of imidazole rings is 1. The van der Waals surface area contributed by atoms with Crippen LogP contribution in [-0.4, -0.2) is 36.2 Å². The molecule has 0 bridgehead atoms. The van der Waals surface area contributed by atoms with Gasteiger partial charge in [0.25, 0.3) is 0 Å². The van der Waals surface area contributed by atoms with Crippen molar-refractivity contribution in [2.45, 2.75) is 26.2 Å². The third-order valence-corrected chi connectivity index (χ3v) is 4.08. The second kappa shape index (κ2) is 5.30. The summed E-state index contributed by atoms with van der Waals surface area (Å²) in [6.45, 7) is 2.71. The smallest absolute Gasteiger partial charge is 0.434 e. The summed E-state index contributed by atoms with van der Waals surface area (Å²) >= 11 is 0. The quantitative estimate of drug-likeness (QED) is 0.725. The largest absolute Gasteiger partial charge is 0.493 e. The fraction of sp³-hybridized carbons (Fsp3) is 0.333. The second-order valence-corrected chi connectivity index (χ2v) is 5.81. The van der Waals surface area contributed by atoms with E-state index in [0.29, 0.717) is 41.5 Å². The minimum Gasteiger partial charge on any atom is -0.493 e. The summed E-state index contributed by atoms with van der Waals surface area (Å²) in [4.78, 5) is 17.9. The number of aryl methyl sites for hydroxylation is 1. The van der Waals surface area contributed by atoms with Crippen molar-refractivity contribution in [1.82, 2.24) is 24.5 Å². The molecular weight excluding hydrogens is 337 g/mol. The fourth-order valence-electron chi connectivity index (χ4n) is 2.88. The zero-order valence-electron chi connectivity index (χ0n) is 13.1. The predicted octanol–water partition coefficient (Wildman–Crippen LogP) is 2.27. The van der Waals surface area contributed by atoms with Gasteiger partial charge in [-0.1, -0.05) is 0 Å². The van der Waals surface area contributed by atoms with Crippen molar-refractivity contribution in [3.05, 3.63) is 35.8 Å². The molecule has 0 spiro atoms. The zero-order valence-corrected chi connectivity index (χ0v) is 13.1. The van der Waals surface area contributed by atoms with Crippen LogP contribution in [-0.2, 0) is 19.3 Å². The van der Waals surface area contributed by atoms with Crippen LogP contribution < -0.4 is 4.90 Å². The summed E-state index contributed by atoms with van der Waals surface area (Å²) in [5.41, 5.74) is -0.385. The van der Waals surface area contributed by atoms with Crippen LogP contribution in [0, 0.1) is 6.92 Å². The van der Waals surface area contributed by atoms with Crippen LogP contribution in [0.15, 0.2) is 18.5 Å². The molecule has 0 unspecified atom stereocenters. The SMILES string of the molecule is Cc1nc(O)c2cc(N3CCn4cc(C(F)(F)F)nc4C3)ncc2n1. The topological polar surface area (TPSA) is 80.0 Å². The lowest BCUT2D eigenvalue weighted by Gasteiger charge is -2.28. The number of hydrogen-bond donors (Lipinski definition) is 1. The lowest BCUT2D eigenvalue weighted by molar-refractivity contribution is -0.141. The van der Waals surface area contributed by atoms with E-state index in [0.717, 1.165) is 6.20 Å². The molecule has 7 nitrogen and oxygen atoms in total. The first kappa shape index (κ1) is 15.6. The molecule has 0 saturated heterocycles. The van der Waals surface area contributed by atoms with E-state index in [4.69, 9.17) is 0 Å². The van der Waals surface area contributed by atoms with Gasteiger partial charge in [-0.05, 0) is 13.0 Å². The molecule has 10 heteroatoms. The van der Waals surface area contributed by atoms with E-state index in [9.17, 15) is 18.3 Å². The average molecular weight is 350 g/mol. The summed E-state index contributed by atoms with van der Waals surface area (Å²) < 4.78 is 39.9. The van der Waals surface area contributed by atoms with E-state index in [2.05, 4.69) is 19.9 Å². The third-order valence-electron chi connectivity index (χ3n) is 4.08. The number of halogens is 3. The van der Waals surface area contributed by atoms with Crippen molar-refractivity contribution in [2.24, 2.45) is 0 Å². The maximum absolute atomic E-state index is 12.8. The van der Waals surface area contributed by atoms with Crippen molar-refractivity contribution in [3.63, 3.8) is 0 Å². The van der Waals surface area contributed by atoms with Gasteiger partial charge in [-0.25, -0.2) is 15.0 Å². The van der Waals surface area contributed by atoms with Crippen molar-refractivity contribution in [3.8, 4) is 5.88 Å². The van der Waals surface area contributed by atoms with Crippen LogP contribution in [0.1, 0.15) is 17.3 Å². The Bertz CT molecular complexity index is 968. The molecule has 0 amide bonds. The van der Waals surface area contributed by atoms with Crippen molar-refractivity contribution >= 4 is 16.7 Å². The normalized spacial score (nSPS) is 14.8. The first-order valence-corrected chi connectivity index (χ1v) is 7.53. The van der Waals surface area contributed by atoms with Gasteiger partial charge in [-0.3, -0.25) is 0 Å². The summed E-state index contributed by atoms with van der Waals surface area (Å²) in [5.74, 6) is 1.13. The number of aromatic hydroxyl groups is 1. The van der Waals surface area contributed by atoms with E-state index in [1.165, 1.54) is 10.8 Å². The molecule has 130 valence electrons. The Kier molecular flexibility index (Phi) is 3.31. The van der Waals surface area contributed by atoms with Gasteiger partial charge in [-0.15, -0.1) is 0 Å². The second-order valence-electron chi connectivity index (χ2n) is 5.81. The molecule has 3 aromatic heterocycles. The Morgan fingerprint density at radius 2 is 1.96 bits per heavy atom. The molecular formula is C15H13F3N6O. The molecule has 25 heavy (non-hydrogen) atoms. The fourth-order valence-corrected chi connectivity index (χ4v) is 2.88. The highest BCUT2D eigenvalue weighted by atomic mass is 19.4. The monoisotopic (exact) mass is 350 g/mol. The molecule has 0 radical (unpaired) electrons. The van der Waals surface area contributed by atoms with Crippen LogP contribution in [0.5, 0.6) is 5.88 Å². The van der Waals surface area contributed by atoms with Crippen LogP contribution in [0.4, 0.5) is 19.0 Å². The summed E-state index contributed by atoms with van der Waals surface area (Å²) in [6.07, 6.45) is -1.92. The number of nitrogens with zero attached hydrogens (tertiary/aromatic N) is 6. The molecule has 0 saturated carbocycles. The molecule has 0 aliphatic carbocycles. The molecule has 0 fully saturated rings. The molecule has 1 N–H and O–H groups in total.